The molecule has 3 atom stereocenters. The first-order valence-corrected chi connectivity index (χ1v) is 6.55. The first-order valence-electron chi connectivity index (χ1n) is 6.55. The summed E-state index contributed by atoms with van der Waals surface area (Å²) in [4.78, 5) is 2.50. The molecule has 1 N–H and O–H groups in total. The van der Waals surface area contributed by atoms with Gasteiger partial charge < -0.3 is 10.0 Å². The summed E-state index contributed by atoms with van der Waals surface area (Å²) in [6.45, 7) is 5.91. The van der Waals surface area contributed by atoms with Gasteiger partial charge in [-0.1, -0.05) is 19.9 Å². The first kappa shape index (κ1) is 11.1. The van der Waals surface area contributed by atoms with Gasteiger partial charge in [0.05, 0.1) is 0 Å². The summed E-state index contributed by atoms with van der Waals surface area (Å²) in [5, 5.41) is 9.73. The van der Waals surface area contributed by atoms with Crippen molar-refractivity contribution in [2.24, 2.45) is 5.92 Å². The number of piperidine rings is 1. The van der Waals surface area contributed by atoms with Gasteiger partial charge in [0.2, 0.25) is 0 Å². The zero-order valence-electron chi connectivity index (χ0n) is 10.9. The van der Waals surface area contributed by atoms with E-state index in [9.17, 15) is 5.11 Å². The van der Waals surface area contributed by atoms with Gasteiger partial charge in [-0.25, -0.2) is 0 Å². The van der Waals surface area contributed by atoms with Crippen molar-refractivity contribution >= 4 is 0 Å². The SMILES string of the molecule is C[C@@H]1[C@@H]2Cc3ccc(O)cc3C1(C)CCN2C. The number of hydrogen-bond donors (Lipinski definition) is 1. The van der Waals surface area contributed by atoms with E-state index in [0.29, 0.717) is 17.7 Å². The van der Waals surface area contributed by atoms with Gasteiger partial charge in [-0.3, -0.25) is 0 Å². The lowest BCUT2D eigenvalue weighted by molar-refractivity contribution is 0.0506. The Labute approximate surface area is 103 Å². The number of rotatable bonds is 0. The van der Waals surface area contributed by atoms with Crippen molar-refractivity contribution < 1.29 is 5.11 Å². The van der Waals surface area contributed by atoms with Crippen LogP contribution in [0.1, 0.15) is 31.4 Å². The highest BCUT2D eigenvalue weighted by molar-refractivity contribution is 5.44. The van der Waals surface area contributed by atoms with E-state index >= 15 is 0 Å². The number of phenols is 1. The molecule has 2 heteroatoms. The molecular formula is C15H21NO. The summed E-state index contributed by atoms with van der Waals surface area (Å²) in [5.74, 6) is 1.07. The van der Waals surface area contributed by atoms with Crippen molar-refractivity contribution in [1.82, 2.24) is 4.90 Å². The Kier molecular flexibility index (Phi) is 2.27. The fourth-order valence-corrected chi connectivity index (χ4v) is 3.82. The Hall–Kier alpha value is -1.02. The number of nitrogens with zero attached hydrogens (tertiary/aromatic N) is 1. The molecule has 1 fully saturated rings. The summed E-state index contributed by atoms with van der Waals surface area (Å²) in [6, 6.07) is 6.59. The molecule has 0 spiro atoms. The van der Waals surface area contributed by atoms with Crippen LogP contribution in [0.25, 0.3) is 0 Å². The average molecular weight is 231 g/mol. The molecule has 17 heavy (non-hydrogen) atoms. The maximum Gasteiger partial charge on any atom is 0.115 e. The third kappa shape index (κ3) is 1.43. The monoisotopic (exact) mass is 231 g/mol. The molecule has 2 nitrogen and oxygen atoms in total. The number of likely N-dealkylation sites (tertiary alicyclic amines) is 1. The van der Waals surface area contributed by atoms with Gasteiger partial charge in [0.15, 0.2) is 0 Å². The Morgan fingerprint density at radius 3 is 2.94 bits per heavy atom. The average Bonchev–Trinajstić information content (AvgIpc) is 2.30. The molecule has 3 rings (SSSR count). The van der Waals surface area contributed by atoms with Crippen LogP contribution in [0, 0.1) is 5.92 Å². The summed E-state index contributed by atoms with van der Waals surface area (Å²) in [7, 11) is 2.24. The summed E-state index contributed by atoms with van der Waals surface area (Å²) in [5.41, 5.74) is 3.05. The van der Waals surface area contributed by atoms with Gasteiger partial charge in [-0.15, -0.1) is 0 Å². The smallest absolute Gasteiger partial charge is 0.115 e. The molecule has 1 aliphatic heterocycles. The number of aromatic hydroxyl groups is 1. The lowest BCUT2D eigenvalue weighted by Crippen LogP contribution is -2.56. The van der Waals surface area contributed by atoms with E-state index in [0.717, 1.165) is 6.42 Å². The van der Waals surface area contributed by atoms with Crippen molar-refractivity contribution in [3.63, 3.8) is 0 Å². The van der Waals surface area contributed by atoms with Crippen molar-refractivity contribution in [3.05, 3.63) is 29.3 Å². The molecule has 92 valence electrons. The Bertz CT molecular complexity index is 456. The maximum absolute atomic E-state index is 9.73. The van der Waals surface area contributed by atoms with Gasteiger partial charge >= 0.3 is 0 Å². The first-order chi connectivity index (χ1) is 8.02. The number of hydrogen-bond acceptors (Lipinski definition) is 2. The van der Waals surface area contributed by atoms with Gasteiger partial charge in [0.1, 0.15) is 5.75 Å². The van der Waals surface area contributed by atoms with Crippen LogP contribution in [0.5, 0.6) is 5.75 Å². The number of phenolic OH excluding ortho intramolecular Hbond substituents is 1. The number of fused-ring (bicyclic) bond motifs is 4. The molecule has 1 unspecified atom stereocenters. The molecule has 0 saturated carbocycles. The van der Waals surface area contributed by atoms with E-state index in [2.05, 4.69) is 31.9 Å². The maximum atomic E-state index is 9.73. The number of likely N-dealkylation sites (N-methyl/N-ethyl adjacent to an activating group) is 1. The van der Waals surface area contributed by atoms with Gasteiger partial charge in [0.25, 0.3) is 0 Å². The minimum atomic E-state index is 0.240. The molecule has 1 heterocycles. The molecule has 0 amide bonds. The molecular weight excluding hydrogens is 210 g/mol. The van der Waals surface area contributed by atoms with E-state index in [-0.39, 0.29) is 5.41 Å². The minimum absolute atomic E-state index is 0.240. The topological polar surface area (TPSA) is 23.5 Å². The molecule has 1 saturated heterocycles. The fourth-order valence-electron chi connectivity index (χ4n) is 3.82. The van der Waals surface area contributed by atoms with Gasteiger partial charge in [-0.05, 0) is 61.0 Å². The van der Waals surface area contributed by atoms with E-state index < -0.39 is 0 Å². The Balaban J connectivity index is 2.16. The van der Waals surface area contributed by atoms with Crippen molar-refractivity contribution in [2.45, 2.75) is 38.1 Å². The standard InChI is InChI=1S/C15H21NO/c1-10-14-8-11-4-5-12(17)9-13(11)15(10,2)6-7-16(14)3/h4-5,9-10,14,17H,6-8H2,1-3H3/t10-,14+,15?/m1/s1. The van der Waals surface area contributed by atoms with E-state index in [1.165, 1.54) is 24.1 Å². The second kappa shape index (κ2) is 3.49. The third-order valence-corrected chi connectivity index (χ3v) is 5.27. The van der Waals surface area contributed by atoms with E-state index in [1.54, 1.807) is 0 Å². The molecule has 2 aliphatic rings. The predicted molar refractivity (Wildman–Crippen MR) is 69.4 cm³/mol. The molecule has 1 aliphatic carbocycles. The lowest BCUT2D eigenvalue weighted by atomic mass is 9.59. The Morgan fingerprint density at radius 2 is 2.18 bits per heavy atom. The zero-order chi connectivity index (χ0) is 12.2. The second-order valence-electron chi connectivity index (χ2n) is 6.05. The highest BCUT2D eigenvalue weighted by Gasteiger charge is 2.47. The fraction of sp³-hybridized carbons (Fsp3) is 0.600. The molecule has 2 bridgehead atoms. The van der Waals surface area contributed by atoms with Crippen LogP contribution in [-0.4, -0.2) is 29.6 Å². The zero-order valence-corrected chi connectivity index (χ0v) is 10.9. The molecule has 0 radical (unpaired) electrons. The Morgan fingerprint density at radius 1 is 1.41 bits per heavy atom. The lowest BCUT2D eigenvalue weighted by Gasteiger charge is -2.53. The molecule has 0 aromatic heterocycles. The van der Waals surface area contributed by atoms with Gasteiger partial charge in [-0.2, -0.15) is 0 Å². The van der Waals surface area contributed by atoms with Crippen LogP contribution in [-0.2, 0) is 11.8 Å². The second-order valence-corrected chi connectivity index (χ2v) is 6.05. The van der Waals surface area contributed by atoms with Crippen molar-refractivity contribution in [1.29, 1.82) is 0 Å². The van der Waals surface area contributed by atoms with Crippen LogP contribution in [0.4, 0.5) is 0 Å². The summed E-state index contributed by atoms with van der Waals surface area (Å²) < 4.78 is 0. The van der Waals surface area contributed by atoms with Crippen molar-refractivity contribution in [3.8, 4) is 5.75 Å². The summed E-state index contributed by atoms with van der Waals surface area (Å²) in [6.07, 6.45) is 2.32. The van der Waals surface area contributed by atoms with Crippen LogP contribution in [0.15, 0.2) is 18.2 Å². The predicted octanol–water partition coefficient (Wildman–Crippen LogP) is 2.55. The van der Waals surface area contributed by atoms with E-state index in [1.807, 2.05) is 12.1 Å². The largest absolute Gasteiger partial charge is 0.508 e. The van der Waals surface area contributed by atoms with E-state index in [4.69, 9.17) is 0 Å². The number of benzene rings is 1. The van der Waals surface area contributed by atoms with Gasteiger partial charge in [0, 0.05) is 6.04 Å². The van der Waals surface area contributed by atoms with Crippen molar-refractivity contribution in [2.75, 3.05) is 13.6 Å². The van der Waals surface area contributed by atoms with Crippen LogP contribution in [0.3, 0.4) is 0 Å². The highest BCUT2D eigenvalue weighted by atomic mass is 16.3. The van der Waals surface area contributed by atoms with Crippen LogP contribution < -0.4 is 0 Å². The van der Waals surface area contributed by atoms with Crippen LogP contribution >= 0.6 is 0 Å². The molecule has 1 aromatic rings. The molecule has 1 aromatic carbocycles. The summed E-state index contributed by atoms with van der Waals surface area (Å²) >= 11 is 0. The normalized spacial score (nSPS) is 36.6. The third-order valence-electron chi connectivity index (χ3n) is 5.27. The highest BCUT2D eigenvalue weighted by Crippen LogP contribution is 2.48. The minimum Gasteiger partial charge on any atom is -0.508 e. The van der Waals surface area contributed by atoms with Crippen LogP contribution in [0.2, 0.25) is 0 Å². The quantitative estimate of drug-likeness (QED) is 0.741.